The Labute approximate surface area is 142 Å². The Kier molecular flexibility index (Phi) is 17.0. The number of phosphoric ester groups is 1. The molecule has 5 nitrogen and oxygen atoms in total. The molecule has 0 aromatic rings. The van der Waals surface area contributed by atoms with Crippen LogP contribution in [0.1, 0.15) is 90.4 Å². The number of unbranched alkanes of at least 4 members (excludes halogenated alkanes) is 12. The molecule has 0 amide bonds. The lowest BCUT2D eigenvalue weighted by molar-refractivity contribution is 0.0831. The van der Waals surface area contributed by atoms with E-state index >= 15 is 0 Å². The number of rotatable bonds is 18. The zero-order valence-electron chi connectivity index (χ0n) is 14.9. The Balaban J connectivity index is 3.01. The highest BCUT2D eigenvalue weighted by molar-refractivity contribution is 7.46. The lowest BCUT2D eigenvalue weighted by Crippen LogP contribution is -2.04. The third kappa shape index (κ3) is 22.1. The van der Waals surface area contributed by atoms with Crippen LogP contribution in [0.4, 0.5) is 0 Å². The maximum atomic E-state index is 10.4. The second-order valence-corrected chi connectivity index (χ2v) is 7.42. The summed E-state index contributed by atoms with van der Waals surface area (Å²) in [6.07, 6.45) is 17.1. The van der Waals surface area contributed by atoms with Crippen LogP contribution in [-0.4, -0.2) is 29.6 Å². The third-order valence-corrected chi connectivity index (χ3v) is 4.40. The standard InChI is InChI=1S/C17H37O5P/c1-2-3-4-5-6-7-8-9-10-11-12-13-14-15-21-16-17-22-23(18,19)20/h2-17H2,1H3,(H2,18,19,20). The minimum atomic E-state index is -4.34. The van der Waals surface area contributed by atoms with Gasteiger partial charge in [0.1, 0.15) is 0 Å². The van der Waals surface area contributed by atoms with Crippen molar-refractivity contribution in [3.05, 3.63) is 0 Å². The summed E-state index contributed by atoms with van der Waals surface area (Å²) in [6, 6.07) is 0. The van der Waals surface area contributed by atoms with Gasteiger partial charge in [0.15, 0.2) is 0 Å². The van der Waals surface area contributed by atoms with E-state index in [0.29, 0.717) is 6.61 Å². The van der Waals surface area contributed by atoms with E-state index in [1.165, 1.54) is 70.6 Å². The molecule has 2 N–H and O–H groups in total. The molecule has 0 radical (unpaired) electrons. The molecule has 140 valence electrons. The highest BCUT2D eigenvalue weighted by atomic mass is 31.2. The molecule has 0 fully saturated rings. The molecule has 0 aliphatic rings. The van der Waals surface area contributed by atoms with E-state index in [2.05, 4.69) is 11.4 Å². The lowest BCUT2D eigenvalue weighted by Gasteiger charge is -2.06. The number of ether oxygens (including phenoxy) is 1. The third-order valence-electron chi connectivity index (χ3n) is 3.88. The van der Waals surface area contributed by atoms with Gasteiger partial charge in [0.25, 0.3) is 0 Å². The van der Waals surface area contributed by atoms with Crippen LogP contribution in [0.3, 0.4) is 0 Å². The number of hydrogen-bond acceptors (Lipinski definition) is 3. The second-order valence-electron chi connectivity index (χ2n) is 6.18. The average molecular weight is 352 g/mol. The highest BCUT2D eigenvalue weighted by Crippen LogP contribution is 2.35. The highest BCUT2D eigenvalue weighted by Gasteiger charge is 2.12. The topological polar surface area (TPSA) is 76.0 Å². The fourth-order valence-electron chi connectivity index (χ4n) is 2.54. The summed E-state index contributed by atoms with van der Waals surface area (Å²) < 4.78 is 20.0. The summed E-state index contributed by atoms with van der Waals surface area (Å²) in [6.45, 7) is 3.08. The Morgan fingerprint density at radius 1 is 0.652 bits per heavy atom. The maximum Gasteiger partial charge on any atom is 0.469 e. The second kappa shape index (κ2) is 16.9. The summed E-state index contributed by atoms with van der Waals surface area (Å²) in [7, 11) is -4.34. The van der Waals surface area contributed by atoms with Crippen molar-refractivity contribution < 1.29 is 23.6 Å². The van der Waals surface area contributed by atoms with Crippen molar-refractivity contribution in [3.63, 3.8) is 0 Å². The molecule has 6 heteroatoms. The fourth-order valence-corrected chi connectivity index (χ4v) is 2.85. The molecule has 0 saturated heterocycles. The Morgan fingerprint density at radius 2 is 1.09 bits per heavy atom. The number of phosphoric acid groups is 1. The van der Waals surface area contributed by atoms with E-state index in [1.54, 1.807) is 0 Å². The van der Waals surface area contributed by atoms with Crippen molar-refractivity contribution in [3.8, 4) is 0 Å². The van der Waals surface area contributed by atoms with Crippen molar-refractivity contribution in [1.29, 1.82) is 0 Å². The first-order valence-corrected chi connectivity index (χ1v) is 10.9. The van der Waals surface area contributed by atoms with Gasteiger partial charge in [0.2, 0.25) is 0 Å². The predicted molar refractivity (Wildman–Crippen MR) is 94.5 cm³/mol. The largest absolute Gasteiger partial charge is 0.469 e. The van der Waals surface area contributed by atoms with Gasteiger partial charge in [0, 0.05) is 6.61 Å². The predicted octanol–water partition coefficient (Wildman–Crippen LogP) is 5.20. The van der Waals surface area contributed by atoms with Gasteiger partial charge in [-0.05, 0) is 6.42 Å². The molecule has 0 bridgehead atoms. The Bertz CT molecular complexity index is 280. The fraction of sp³-hybridized carbons (Fsp3) is 1.00. The van der Waals surface area contributed by atoms with Crippen molar-refractivity contribution in [2.45, 2.75) is 90.4 Å². The van der Waals surface area contributed by atoms with Gasteiger partial charge in [-0.25, -0.2) is 4.57 Å². The maximum absolute atomic E-state index is 10.4. The van der Waals surface area contributed by atoms with E-state index < -0.39 is 7.82 Å². The van der Waals surface area contributed by atoms with Gasteiger partial charge >= 0.3 is 7.82 Å². The average Bonchev–Trinajstić information content (AvgIpc) is 2.49. The van der Waals surface area contributed by atoms with Gasteiger partial charge < -0.3 is 14.5 Å². The molecule has 23 heavy (non-hydrogen) atoms. The summed E-state index contributed by atoms with van der Waals surface area (Å²) >= 11 is 0. The molecule has 0 heterocycles. The van der Waals surface area contributed by atoms with Crippen LogP contribution in [-0.2, 0) is 13.8 Å². The summed E-state index contributed by atoms with van der Waals surface area (Å²) in [5, 5.41) is 0. The zero-order valence-corrected chi connectivity index (χ0v) is 15.8. The van der Waals surface area contributed by atoms with E-state index in [1.807, 2.05) is 0 Å². The molecule has 0 saturated carbocycles. The molecule has 0 atom stereocenters. The van der Waals surface area contributed by atoms with Gasteiger partial charge in [-0.2, -0.15) is 0 Å². The van der Waals surface area contributed by atoms with E-state index in [-0.39, 0.29) is 13.2 Å². The Morgan fingerprint density at radius 3 is 1.52 bits per heavy atom. The van der Waals surface area contributed by atoms with Crippen molar-refractivity contribution in [1.82, 2.24) is 0 Å². The molecule has 0 spiro atoms. The van der Waals surface area contributed by atoms with Crippen LogP contribution in [0.15, 0.2) is 0 Å². The van der Waals surface area contributed by atoms with Gasteiger partial charge in [-0.15, -0.1) is 0 Å². The van der Waals surface area contributed by atoms with Gasteiger partial charge in [-0.3, -0.25) is 4.52 Å². The SMILES string of the molecule is CCCCCCCCCCCCCCCOCCOP(=O)(O)O. The molecule has 0 aliphatic heterocycles. The molecular formula is C17H37O5P. The van der Waals surface area contributed by atoms with E-state index in [4.69, 9.17) is 14.5 Å². The van der Waals surface area contributed by atoms with Crippen molar-refractivity contribution in [2.24, 2.45) is 0 Å². The first kappa shape index (κ1) is 23.1. The van der Waals surface area contributed by atoms with Crippen LogP contribution in [0.25, 0.3) is 0 Å². The molecule has 0 unspecified atom stereocenters. The van der Waals surface area contributed by atoms with E-state index in [9.17, 15) is 4.57 Å². The van der Waals surface area contributed by atoms with Crippen LogP contribution in [0, 0.1) is 0 Å². The molecule has 0 aliphatic carbocycles. The van der Waals surface area contributed by atoms with Gasteiger partial charge in [0.05, 0.1) is 13.2 Å². The minimum absolute atomic E-state index is 0.0529. The lowest BCUT2D eigenvalue weighted by atomic mass is 10.0. The first-order chi connectivity index (χ1) is 11.1. The monoisotopic (exact) mass is 352 g/mol. The van der Waals surface area contributed by atoms with Crippen LogP contribution >= 0.6 is 7.82 Å². The minimum Gasteiger partial charge on any atom is -0.379 e. The molecule has 0 aromatic heterocycles. The smallest absolute Gasteiger partial charge is 0.379 e. The normalized spacial score (nSPS) is 12.0. The van der Waals surface area contributed by atoms with Crippen LogP contribution < -0.4 is 0 Å². The molecule has 0 rings (SSSR count). The van der Waals surface area contributed by atoms with Crippen LogP contribution in [0.2, 0.25) is 0 Å². The quantitative estimate of drug-likeness (QED) is 0.262. The van der Waals surface area contributed by atoms with Gasteiger partial charge in [-0.1, -0.05) is 84.0 Å². The van der Waals surface area contributed by atoms with Crippen molar-refractivity contribution >= 4 is 7.82 Å². The molecule has 0 aromatic carbocycles. The summed E-state index contributed by atoms with van der Waals surface area (Å²) in [4.78, 5) is 17.0. The van der Waals surface area contributed by atoms with Crippen molar-refractivity contribution in [2.75, 3.05) is 19.8 Å². The first-order valence-electron chi connectivity index (χ1n) is 9.34. The van der Waals surface area contributed by atoms with E-state index in [0.717, 1.165) is 12.8 Å². The van der Waals surface area contributed by atoms with Crippen LogP contribution in [0.5, 0.6) is 0 Å². The Hall–Kier alpha value is 0.0700. The summed E-state index contributed by atoms with van der Waals surface area (Å²) in [5.41, 5.74) is 0. The summed E-state index contributed by atoms with van der Waals surface area (Å²) in [5.74, 6) is 0. The number of hydrogen-bond donors (Lipinski definition) is 2. The molecular weight excluding hydrogens is 315 g/mol. The zero-order chi connectivity index (χ0) is 17.2.